The Kier molecular flexibility index (Phi) is 5.28. The molecule has 0 saturated carbocycles. The van der Waals surface area contributed by atoms with E-state index < -0.39 is 0 Å². The van der Waals surface area contributed by atoms with Crippen LogP contribution < -0.4 is 5.32 Å². The number of nitrogens with one attached hydrogen (secondary N) is 1. The minimum Gasteiger partial charge on any atom is -0.377 e. The minimum absolute atomic E-state index is 0.0672. The molecule has 3 heterocycles. The molecule has 2 aromatic rings. The van der Waals surface area contributed by atoms with Gasteiger partial charge in [-0.15, -0.1) is 0 Å². The first-order valence-corrected chi connectivity index (χ1v) is 8.47. The number of carbonyl (C=O) groups excluding carboxylic acids is 1. The van der Waals surface area contributed by atoms with E-state index >= 15 is 0 Å². The quantitative estimate of drug-likeness (QED) is 0.880. The third-order valence-corrected chi connectivity index (χ3v) is 4.20. The summed E-state index contributed by atoms with van der Waals surface area (Å²) in [5.74, 6) is 1.43. The first kappa shape index (κ1) is 17.3. The molecule has 25 heavy (non-hydrogen) atoms. The predicted molar refractivity (Wildman–Crippen MR) is 93.2 cm³/mol. The summed E-state index contributed by atoms with van der Waals surface area (Å²) in [5.41, 5.74) is 1.81. The number of rotatable bonds is 5. The van der Waals surface area contributed by atoms with Crippen molar-refractivity contribution in [2.24, 2.45) is 0 Å². The first-order valence-electron chi connectivity index (χ1n) is 8.47. The number of carbonyl (C=O) groups is 1. The number of hydrogen-bond acceptors (Lipinski definition) is 6. The van der Waals surface area contributed by atoms with Gasteiger partial charge in [0.05, 0.1) is 18.9 Å². The molecule has 3 rings (SSSR count). The van der Waals surface area contributed by atoms with Gasteiger partial charge in [0.1, 0.15) is 11.9 Å². The molecule has 0 radical (unpaired) electrons. The van der Waals surface area contributed by atoms with Gasteiger partial charge in [0.2, 0.25) is 5.91 Å². The van der Waals surface area contributed by atoms with Gasteiger partial charge in [-0.1, -0.05) is 0 Å². The number of ether oxygens (including phenoxy) is 1. The topological polar surface area (TPSA) is 85.2 Å². The summed E-state index contributed by atoms with van der Waals surface area (Å²) in [6.45, 7) is 5.92. The highest BCUT2D eigenvalue weighted by molar-refractivity contribution is 5.76. The zero-order valence-corrected chi connectivity index (χ0v) is 14.9. The van der Waals surface area contributed by atoms with Crippen molar-refractivity contribution in [1.29, 1.82) is 0 Å². The number of morpholine rings is 1. The van der Waals surface area contributed by atoms with Crippen molar-refractivity contribution in [1.82, 2.24) is 24.6 Å². The summed E-state index contributed by atoms with van der Waals surface area (Å²) >= 11 is 0. The van der Waals surface area contributed by atoms with Gasteiger partial charge in [0.15, 0.2) is 5.82 Å². The van der Waals surface area contributed by atoms with Gasteiger partial charge in [-0.05, 0) is 19.9 Å². The number of anilines is 1. The van der Waals surface area contributed by atoms with E-state index in [0.717, 1.165) is 17.2 Å². The number of aromatic nitrogens is 4. The third kappa shape index (κ3) is 4.14. The first-order chi connectivity index (χ1) is 12.1. The van der Waals surface area contributed by atoms with Crippen LogP contribution >= 0.6 is 0 Å². The maximum absolute atomic E-state index is 12.8. The molecule has 1 amide bonds. The van der Waals surface area contributed by atoms with E-state index in [2.05, 4.69) is 20.4 Å². The molecule has 1 aliphatic heterocycles. The van der Waals surface area contributed by atoms with Crippen LogP contribution in [0.1, 0.15) is 29.7 Å². The molecule has 0 aliphatic carbocycles. The molecule has 8 heteroatoms. The summed E-state index contributed by atoms with van der Waals surface area (Å²) < 4.78 is 7.38. The van der Waals surface area contributed by atoms with Gasteiger partial charge < -0.3 is 15.0 Å². The van der Waals surface area contributed by atoms with Crippen LogP contribution in [0.4, 0.5) is 5.82 Å². The standard InChI is InChI=1S/C17H24N6O2/c1-12-4-6-22(21-12)7-5-16(24)23-8-9-25-11-14(23)17-19-13(2)10-15(18-3)20-17/h4,6,10,14H,5,7-9,11H2,1-3H3,(H,18,19,20)/t14-/m1/s1. The fourth-order valence-electron chi connectivity index (χ4n) is 2.93. The zero-order chi connectivity index (χ0) is 17.8. The van der Waals surface area contributed by atoms with Crippen molar-refractivity contribution in [3.63, 3.8) is 0 Å². The Bertz CT molecular complexity index is 744. The summed E-state index contributed by atoms with van der Waals surface area (Å²) in [7, 11) is 1.82. The highest BCUT2D eigenvalue weighted by atomic mass is 16.5. The highest BCUT2D eigenvalue weighted by Gasteiger charge is 2.30. The lowest BCUT2D eigenvalue weighted by Crippen LogP contribution is -2.44. The van der Waals surface area contributed by atoms with E-state index in [0.29, 0.717) is 38.5 Å². The maximum Gasteiger partial charge on any atom is 0.225 e. The van der Waals surface area contributed by atoms with Gasteiger partial charge in [0.25, 0.3) is 0 Å². The lowest BCUT2D eigenvalue weighted by atomic mass is 10.2. The van der Waals surface area contributed by atoms with Crippen LogP contribution in [-0.4, -0.2) is 57.4 Å². The van der Waals surface area contributed by atoms with Gasteiger partial charge in [-0.3, -0.25) is 9.48 Å². The number of amides is 1. The fourth-order valence-corrected chi connectivity index (χ4v) is 2.93. The Hall–Kier alpha value is -2.48. The second-order valence-corrected chi connectivity index (χ2v) is 6.15. The van der Waals surface area contributed by atoms with E-state index in [1.54, 1.807) is 4.68 Å². The predicted octanol–water partition coefficient (Wildman–Crippen LogP) is 1.32. The molecule has 1 aliphatic rings. The molecule has 1 fully saturated rings. The average Bonchev–Trinajstić information content (AvgIpc) is 3.04. The van der Waals surface area contributed by atoms with E-state index in [4.69, 9.17) is 4.74 Å². The molecular weight excluding hydrogens is 320 g/mol. The average molecular weight is 344 g/mol. The molecule has 0 unspecified atom stereocenters. The van der Waals surface area contributed by atoms with Crippen LogP contribution in [0, 0.1) is 13.8 Å². The molecule has 8 nitrogen and oxygen atoms in total. The zero-order valence-electron chi connectivity index (χ0n) is 14.9. The largest absolute Gasteiger partial charge is 0.377 e. The monoisotopic (exact) mass is 344 g/mol. The van der Waals surface area contributed by atoms with E-state index in [1.165, 1.54) is 0 Å². The summed E-state index contributed by atoms with van der Waals surface area (Å²) in [4.78, 5) is 23.6. The number of hydrogen-bond donors (Lipinski definition) is 1. The Morgan fingerprint density at radius 2 is 2.20 bits per heavy atom. The van der Waals surface area contributed by atoms with Crippen LogP contribution in [0.3, 0.4) is 0 Å². The van der Waals surface area contributed by atoms with Gasteiger partial charge in [0, 0.05) is 44.5 Å². The summed E-state index contributed by atoms with van der Waals surface area (Å²) in [5, 5.41) is 7.36. The van der Waals surface area contributed by atoms with Crippen molar-refractivity contribution < 1.29 is 9.53 Å². The molecule has 1 saturated heterocycles. The number of nitrogens with zero attached hydrogens (tertiary/aromatic N) is 5. The molecule has 1 N–H and O–H groups in total. The van der Waals surface area contributed by atoms with Crippen LogP contribution in [0.2, 0.25) is 0 Å². The molecule has 2 aromatic heterocycles. The smallest absolute Gasteiger partial charge is 0.225 e. The third-order valence-electron chi connectivity index (χ3n) is 4.20. The van der Waals surface area contributed by atoms with Crippen molar-refractivity contribution in [2.75, 3.05) is 32.1 Å². The van der Waals surface area contributed by atoms with Crippen molar-refractivity contribution in [2.45, 2.75) is 32.9 Å². The van der Waals surface area contributed by atoms with Gasteiger partial charge >= 0.3 is 0 Å². The minimum atomic E-state index is -0.257. The Morgan fingerprint density at radius 1 is 1.36 bits per heavy atom. The lowest BCUT2D eigenvalue weighted by molar-refractivity contribution is -0.140. The number of aryl methyl sites for hydroxylation is 3. The molecular formula is C17H24N6O2. The van der Waals surface area contributed by atoms with E-state index in [1.807, 2.05) is 44.1 Å². The van der Waals surface area contributed by atoms with Crippen LogP contribution in [0.15, 0.2) is 18.3 Å². The van der Waals surface area contributed by atoms with Crippen LogP contribution in [-0.2, 0) is 16.1 Å². The fraction of sp³-hybridized carbons (Fsp3) is 0.529. The van der Waals surface area contributed by atoms with E-state index in [9.17, 15) is 4.79 Å². The highest BCUT2D eigenvalue weighted by Crippen LogP contribution is 2.23. The summed E-state index contributed by atoms with van der Waals surface area (Å²) in [6, 6.07) is 3.55. The molecule has 0 spiro atoms. The normalized spacial score (nSPS) is 17.6. The molecule has 1 atom stereocenters. The van der Waals surface area contributed by atoms with Crippen molar-refractivity contribution >= 4 is 11.7 Å². The summed E-state index contributed by atoms with van der Waals surface area (Å²) in [6.07, 6.45) is 2.28. The lowest BCUT2D eigenvalue weighted by Gasteiger charge is -2.35. The molecule has 134 valence electrons. The maximum atomic E-state index is 12.8. The van der Waals surface area contributed by atoms with Gasteiger partial charge in [-0.25, -0.2) is 9.97 Å². The van der Waals surface area contributed by atoms with E-state index in [-0.39, 0.29) is 11.9 Å². The molecule has 0 aromatic carbocycles. The Balaban J connectivity index is 1.73. The van der Waals surface area contributed by atoms with Gasteiger partial charge in [-0.2, -0.15) is 5.10 Å². The SMILES string of the molecule is CNc1cc(C)nc([C@H]2COCCN2C(=O)CCn2ccc(C)n2)n1. The van der Waals surface area contributed by atoms with Crippen molar-refractivity contribution in [3.05, 3.63) is 35.5 Å². The van der Waals surface area contributed by atoms with Crippen molar-refractivity contribution in [3.8, 4) is 0 Å². The Labute approximate surface area is 147 Å². The second-order valence-electron chi connectivity index (χ2n) is 6.15. The van der Waals surface area contributed by atoms with Crippen LogP contribution in [0.25, 0.3) is 0 Å². The van der Waals surface area contributed by atoms with Crippen LogP contribution in [0.5, 0.6) is 0 Å². The second kappa shape index (κ2) is 7.60. The molecule has 0 bridgehead atoms. The Morgan fingerprint density at radius 3 is 2.92 bits per heavy atom.